The monoisotopic (exact) mass is 493 g/mol. The fraction of sp³-hybridized carbons (Fsp3) is 0.217. The first-order valence-corrected chi connectivity index (χ1v) is 11.5. The Bertz CT molecular complexity index is 1330. The predicted molar refractivity (Wildman–Crippen MR) is 121 cm³/mol. The van der Waals surface area contributed by atoms with Gasteiger partial charge in [0, 0.05) is 34.0 Å². The predicted octanol–water partition coefficient (Wildman–Crippen LogP) is 6.10. The van der Waals surface area contributed by atoms with Crippen LogP contribution in [-0.2, 0) is 0 Å². The number of hydrogen-bond donors (Lipinski definition) is 1. The van der Waals surface area contributed by atoms with Gasteiger partial charge < -0.3 is 14.3 Å². The second-order valence-corrected chi connectivity index (χ2v) is 9.49. The largest absolute Gasteiger partial charge is 0.497 e. The molecular weight excluding hydrogens is 475 g/mol. The first kappa shape index (κ1) is 23.3. The molecule has 4 rings (SSSR count). The first-order valence-electron chi connectivity index (χ1n) is 9.82. The van der Waals surface area contributed by atoms with Crippen molar-refractivity contribution in [1.82, 2.24) is 4.98 Å². The average molecular weight is 494 g/mol. The molecule has 4 aromatic rings. The Morgan fingerprint density at radius 1 is 1.21 bits per heavy atom. The van der Waals surface area contributed by atoms with Crippen molar-refractivity contribution in [2.75, 3.05) is 13.7 Å². The molecule has 0 radical (unpaired) electrons. The minimum absolute atomic E-state index is 0.0479. The van der Waals surface area contributed by atoms with Crippen molar-refractivity contribution in [3.63, 3.8) is 0 Å². The van der Waals surface area contributed by atoms with Gasteiger partial charge in [0.15, 0.2) is 4.34 Å². The van der Waals surface area contributed by atoms with Crippen LogP contribution >= 0.6 is 23.1 Å². The van der Waals surface area contributed by atoms with Crippen molar-refractivity contribution in [2.24, 2.45) is 0 Å². The van der Waals surface area contributed by atoms with E-state index in [1.165, 1.54) is 24.0 Å². The third-order valence-electron chi connectivity index (χ3n) is 4.96. The van der Waals surface area contributed by atoms with Gasteiger partial charge in [0.05, 0.1) is 13.0 Å². The molecule has 33 heavy (non-hydrogen) atoms. The molecule has 1 atom stereocenters. The molecule has 2 aromatic carbocycles. The highest BCUT2D eigenvalue weighted by Crippen LogP contribution is 2.42. The van der Waals surface area contributed by atoms with Crippen molar-refractivity contribution in [1.29, 1.82) is 0 Å². The molecule has 2 aromatic heterocycles. The minimum atomic E-state index is -4.46. The maximum Gasteiger partial charge on any atom is 0.396 e. The normalized spacial score (nSPS) is 12.8. The van der Waals surface area contributed by atoms with E-state index >= 15 is 0 Å². The van der Waals surface area contributed by atoms with E-state index in [0.717, 1.165) is 16.9 Å². The van der Waals surface area contributed by atoms with E-state index in [-0.39, 0.29) is 4.88 Å². The van der Waals surface area contributed by atoms with E-state index < -0.39 is 30.7 Å². The Kier molecular flexibility index (Phi) is 6.78. The van der Waals surface area contributed by atoms with Crippen molar-refractivity contribution in [3.05, 3.63) is 70.0 Å². The Balaban J connectivity index is 1.66. The summed E-state index contributed by atoms with van der Waals surface area (Å²) in [5, 5.41) is 9.71. The zero-order chi connectivity index (χ0) is 23.6. The third-order valence-corrected chi connectivity index (χ3v) is 7.14. The topological polar surface area (TPSA) is 72.6 Å². The summed E-state index contributed by atoms with van der Waals surface area (Å²) in [7, 11) is 1.56. The van der Waals surface area contributed by atoms with Crippen LogP contribution in [0.15, 0.2) is 73.2 Å². The molecule has 0 amide bonds. The summed E-state index contributed by atoms with van der Waals surface area (Å²) in [6.07, 6.45) is -3.67. The third kappa shape index (κ3) is 5.23. The van der Waals surface area contributed by atoms with Crippen LogP contribution in [0.25, 0.3) is 22.1 Å². The fourth-order valence-electron chi connectivity index (χ4n) is 3.41. The second-order valence-electron chi connectivity index (χ2n) is 7.11. The summed E-state index contributed by atoms with van der Waals surface area (Å²) in [4.78, 5) is 17.0. The van der Waals surface area contributed by atoms with E-state index in [9.17, 15) is 18.0 Å². The number of methoxy groups -OCH3 is 1. The van der Waals surface area contributed by atoms with E-state index in [4.69, 9.17) is 14.3 Å². The minimum Gasteiger partial charge on any atom is -0.497 e. The van der Waals surface area contributed by atoms with Gasteiger partial charge in [-0.15, -0.1) is 11.3 Å². The number of aliphatic hydroxyl groups excluding tert-OH is 1. The molecule has 0 aliphatic heterocycles. The molecule has 0 saturated carbocycles. The van der Waals surface area contributed by atoms with Crippen molar-refractivity contribution < 1.29 is 27.4 Å². The zero-order valence-electron chi connectivity index (χ0n) is 17.3. The van der Waals surface area contributed by atoms with Crippen molar-refractivity contribution in [2.45, 2.75) is 27.8 Å². The number of ether oxygens (including phenoxy) is 1. The maximum atomic E-state index is 13.3. The molecular formula is C23H18F3NO4S2. The van der Waals surface area contributed by atoms with Crippen LogP contribution in [0, 0.1) is 0 Å². The van der Waals surface area contributed by atoms with Crippen LogP contribution in [0.3, 0.4) is 0 Å². The highest BCUT2D eigenvalue weighted by Gasteiger charge is 2.41. The number of fused-ring (bicyclic) bond motifs is 1. The van der Waals surface area contributed by atoms with E-state index in [1.807, 2.05) is 18.2 Å². The lowest BCUT2D eigenvalue weighted by Crippen LogP contribution is -2.21. The molecule has 10 heteroatoms. The molecule has 0 spiro atoms. The molecule has 0 aliphatic carbocycles. The number of aromatic nitrogens is 1. The zero-order valence-corrected chi connectivity index (χ0v) is 18.9. The van der Waals surface area contributed by atoms with Crippen LogP contribution in [0.1, 0.15) is 17.2 Å². The molecule has 0 saturated heterocycles. The molecule has 0 aliphatic rings. The Morgan fingerprint density at radius 3 is 2.76 bits per heavy atom. The Hall–Kier alpha value is -2.82. The number of halogens is 3. The number of benzene rings is 2. The van der Waals surface area contributed by atoms with Gasteiger partial charge in [0.2, 0.25) is 0 Å². The Labute approximate surface area is 194 Å². The lowest BCUT2D eigenvalue weighted by Gasteiger charge is -2.17. The molecule has 5 nitrogen and oxygen atoms in total. The highest BCUT2D eigenvalue weighted by molar-refractivity contribution is 8.01. The average Bonchev–Trinajstić information content (AvgIpc) is 3.23. The van der Waals surface area contributed by atoms with Crippen molar-refractivity contribution in [3.8, 4) is 16.9 Å². The maximum absolute atomic E-state index is 13.3. The van der Waals surface area contributed by atoms with E-state index in [2.05, 4.69) is 4.98 Å². The van der Waals surface area contributed by atoms with E-state index in [0.29, 0.717) is 31.5 Å². The second kappa shape index (κ2) is 9.58. The standard InChI is InChI=1S/C23H18F3NO4S2/c1-30-14-4-2-3-13(9-14)17-11-21(29)31-19-10-15(5-6-16(17)19)32-22-27-12-20(33-22)18(7-8-28)23(24,25)26/h2-6,9-12,18,28H,7-8H2,1H3/t18-/m0/s1. The molecule has 1 N–H and O–H groups in total. The van der Waals surface area contributed by atoms with Crippen LogP contribution in [0.5, 0.6) is 5.75 Å². The molecule has 0 unspecified atom stereocenters. The van der Waals surface area contributed by atoms with Gasteiger partial charge in [-0.3, -0.25) is 0 Å². The van der Waals surface area contributed by atoms with Gasteiger partial charge in [-0.05, 0) is 47.9 Å². The van der Waals surface area contributed by atoms with Crippen molar-refractivity contribution >= 4 is 34.1 Å². The quantitative estimate of drug-likeness (QED) is 0.314. The summed E-state index contributed by atoms with van der Waals surface area (Å²) < 4.78 is 50.9. The lowest BCUT2D eigenvalue weighted by atomic mass is 10.0. The summed E-state index contributed by atoms with van der Waals surface area (Å²) in [5.74, 6) is -1.10. The van der Waals surface area contributed by atoms with Crippen LogP contribution in [0.4, 0.5) is 13.2 Å². The highest BCUT2D eigenvalue weighted by atomic mass is 32.2. The summed E-state index contributed by atoms with van der Waals surface area (Å²) in [6.45, 7) is -0.566. The van der Waals surface area contributed by atoms with Crippen LogP contribution in [-0.4, -0.2) is 30.0 Å². The summed E-state index contributed by atoms with van der Waals surface area (Å²) in [5.41, 5.74) is 1.32. The van der Waals surface area contributed by atoms with Gasteiger partial charge in [-0.1, -0.05) is 23.9 Å². The Morgan fingerprint density at radius 2 is 2.03 bits per heavy atom. The van der Waals surface area contributed by atoms with E-state index in [1.54, 1.807) is 31.4 Å². The molecule has 0 bridgehead atoms. The number of rotatable bonds is 7. The van der Waals surface area contributed by atoms with Crippen LogP contribution < -0.4 is 10.4 Å². The van der Waals surface area contributed by atoms with Gasteiger partial charge in [-0.25, -0.2) is 9.78 Å². The number of aliphatic hydroxyl groups is 1. The summed E-state index contributed by atoms with van der Waals surface area (Å²) in [6, 6.07) is 14.0. The van der Waals surface area contributed by atoms with Gasteiger partial charge in [-0.2, -0.15) is 13.2 Å². The molecule has 2 heterocycles. The smallest absolute Gasteiger partial charge is 0.396 e. The molecule has 0 fully saturated rings. The van der Waals surface area contributed by atoms with Gasteiger partial charge in [0.25, 0.3) is 0 Å². The lowest BCUT2D eigenvalue weighted by molar-refractivity contribution is -0.152. The SMILES string of the molecule is COc1cccc(-c2cc(=O)oc3cc(Sc4ncc([C@H](CCO)C(F)(F)F)s4)ccc23)c1. The van der Waals surface area contributed by atoms with Crippen LogP contribution in [0.2, 0.25) is 0 Å². The molecule has 172 valence electrons. The number of thiazole rings is 1. The van der Waals surface area contributed by atoms with Gasteiger partial charge in [0.1, 0.15) is 11.3 Å². The summed E-state index contributed by atoms with van der Waals surface area (Å²) >= 11 is 2.11. The number of alkyl halides is 3. The first-order chi connectivity index (χ1) is 15.8. The fourth-order valence-corrected chi connectivity index (χ4v) is 5.57. The number of hydrogen-bond acceptors (Lipinski definition) is 7. The van der Waals surface area contributed by atoms with Gasteiger partial charge >= 0.3 is 11.8 Å². The number of nitrogens with zero attached hydrogens (tertiary/aromatic N) is 1.